The summed E-state index contributed by atoms with van der Waals surface area (Å²) < 4.78 is 10.4. The average Bonchev–Trinajstić information content (AvgIpc) is 2.89. The Kier molecular flexibility index (Phi) is 4.72. The molecule has 1 aromatic rings. The maximum atomic E-state index is 11.8. The highest BCUT2D eigenvalue weighted by Gasteiger charge is 2.33. The molecule has 1 heterocycles. The van der Waals surface area contributed by atoms with Crippen molar-refractivity contribution in [3.8, 4) is 0 Å². The summed E-state index contributed by atoms with van der Waals surface area (Å²) in [6.07, 6.45) is 2.63. The van der Waals surface area contributed by atoms with Crippen molar-refractivity contribution >= 4 is 17.3 Å². The number of aryl methyl sites for hydroxylation is 1. The van der Waals surface area contributed by atoms with Gasteiger partial charge in [-0.25, -0.2) is 4.98 Å². The van der Waals surface area contributed by atoms with Crippen molar-refractivity contribution in [3.05, 3.63) is 15.6 Å². The van der Waals surface area contributed by atoms with Crippen LogP contribution in [0.15, 0.2) is 0 Å². The fourth-order valence-electron chi connectivity index (χ4n) is 2.16. The standard InChI is InChI=1S/C13H19NO3S/c1-3-16-8-7-11-14-12-9(13(15)17-4-2)5-6-10(12)18-11/h9H,3-8H2,1-2H3. The smallest absolute Gasteiger partial charge is 0.315 e. The molecule has 0 saturated carbocycles. The molecule has 1 aromatic heterocycles. The molecular formula is C13H19NO3S. The van der Waals surface area contributed by atoms with E-state index in [0.29, 0.717) is 13.2 Å². The Morgan fingerprint density at radius 1 is 1.44 bits per heavy atom. The van der Waals surface area contributed by atoms with Gasteiger partial charge in [-0.2, -0.15) is 0 Å². The van der Waals surface area contributed by atoms with E-state index in [9.17, 15) is 4.79 Å². The number of thiazole rings is 1. The van der Waals surface area contributed by atoms with Gasteiger partial charge in [0, 0.05) is 17.9 Å². The number of hydrogen-bond acceptors (Lipinski definition) is 5. The van der Waals surface area contributed by atoms with Crippen LogP contribution in [0.4, 0.5) is 0 Å². The lowest BCUT2D eigenvalue weighted by atomic mass is 10.1. The van der Waals surface area contributed by atoms with Crippen LogP contribution in [0.1, 0.15) is 41.8 Å². The first-order valence-corrected chi connectivity index (χ1v) is 7.30. The quantitative estimate of drug-likeness (QED) is 0.587. The first kappa shape index (κ1) is 13.5. The van der Waals surface area contributed by atoms with Crippen molar-refractivity contribution in [2.45, 2.75) is 39.0 Å². The second kappa shape index (κ2) is 6.29. The molecule has 0 amide bonds. The third-order valence-electron chi connectivity index (χ3n) is 3.00. The normalized spacial score (nSPS) is 17.8. The van der Waals surface area contributed by atoms with E-state index in [1.54, 1.807) is 11.3 Å². The van der Waals surface area contributed by atoms with Gasteiger partial charge in [-0.05, 0) is 26.7 Å². The van der Waals surface area contributed by atoms with E-state index in [2.05, 4.69) is 4.98 Å². The second-order valence-corrected chi connectivity index (χ2v) is 5.37. The third-order valence-corrected chi connectivity index (χ3v) is 4.19. The van der Waals surface area contributed by atoms with Crippen LogP contribution in [0.5, 0.6) is 0 Å². The zero-order valence-electron chi connectivity index (χ0n) is 10.9. The zero-order valence-corrected chi connectivity index (χ0v) is 11.7. The Hall–Kier alpha value is -0.940. The molecule has 18 heavy (non-hydrogen) atoms. The Morgan fingerprint density at radius 3 is 3.00 bits per heavy atom. The minimum atomic E-state index is -0.142. The van der Waals surface area contributed by atoms with Crippen LogP contribution in [0.2, 0.25) is 0 Å². The van der Waals surface area contributed by atoms with E-state index >= 15 is 0 Å². The molecule has 1 aliphatic rings. The van der Waals surface area contributed by atoms with Crippen molar-refractivity contribution in [2.75, 3.05) is 19.8 Å². The SMILES string of the molecule is CCOCCc1nc2c(s1)CCC2C(=O)OCC. The predicted molar refractivity (Wildman–Crippen MR) is 70.0 cm³/mol. The number of ether oxygens (including phenoxy) is 2. The van der Waals surface area contributed by atoms with E-state index in [1.807, 2.05) is 13.8 Å². The molecule has 0 bridgehead atoms. The minimum Gasteiger partial charge on any atom is -0.465 e. The topological polar surface area (TPSA) is 48.4 Å². The molecule has 0 aromatic carbocycles. The fraction of sp³-hybridized carbons (Fsp3) is 0.692. The maximum Gasteiger partial charge on any atom is 0.315 e. The zero-order chi connectivity index (χ0) is 13.0. The highest BCUT2D eigenvalue weighted by Crippen LogP contribution is 2.37. The Bertz CT molecular complexity index is 416. The monoisotopic (exact) mass is 269 g/mol. The van der Waals surface area contributed by atoms with Crippen molar-refractivity contribution in [1.82, 2.24) is 4.98 Å². The predicted octanol–water partition coefficient (Wildman–Crippen LogP) is 2.32. The van der Waals surface area contributed by atoms with E-state index < -0.39 is 0 Å². The molecule has 1 unspecified atom stereocenters. The molecule has 5 heteroatoms. The largest absolute Gasteiger partial charge is 0.465 e. The van der Waals surface area contributed by atoms with Gasteiger partial charge in [-0.3, -0.25) is 4.79 Å². The molecule has 4 nitrogen and oxygen atoms in total. The summed E-state index contributed by atoms with van der Waals surface area (Å²) in [7, 11) is 0. The molecule has 2 rings (SSSR count). The molecular weight excluding hydrogens is 250 g/mol. The summed E-state index contributed by atoms with van der Waals surface area (Å²) in [4.78, 5) is 17.6. The van der Waals surface area contributed by atoms with Crippen LogP contribution >= 0.6 is 11.3 Å². The van der Waals surface area contributed by atoms with Crippen molar-refractivity contribution in [2.24, 2.45) is 0 Å². The number of hydrogen-bond donors (Lipinski definition) is 0. The summed E-state index contributed by atoms with van der Waals surface area (Å²) >= 11 is 1.71. The third kappa shape index (κ3) is 2.90. The van der Waals surface area contributed by atoms with Gasteiger partial charge in [0.2, 0.25) is 0 Å². The molecule has 0 N–H and O–H groups in total. The van der Waals surface area contributed by atoms with Crippen LogP contribution in [0.3, 0.4) is 0 Å². The fourth-order valence-corrected chi connectivity index (χ4v) is 3.29. The van der Waals surface area contributed by atoms with Crippen LogP contribution in [-0.4, -0.2) is 30.8 Å². The highest BCUT2D eigenvalue weighted by molar-refractivity contribution is 7.11. The Balaban J connectivity index is 2.01. The molecule has 0 aliphatic heterocycles. The van der Waals surface area contributed by atoms with Gasteiger partial charge in [0.25, 0.3) is 0 Å². The first-order valence-electron chi connectivity index (χ1n) is 6.49. The number of carbonyl (C=O) groups is 1. The Labute approximate surface area is 111 Å². The lowest BCUT2D eigenvalue weighted by Crippen LogP contribution is -2.14. The number of rotatable bonds is 6. The highest BCUT2D eigenvalue weighted by atomic mass is 32.1. The van der Waals surface area contributed by atoms with Crippen molar-refractivity contribution in [1.29, 1.82) is 0 Å². The van der Waals surface area contributed by atoms with Crippen molar-refractivity contribution < 1.29 is 14.3 Å². The van der Waals surface area contributed by atoms with Crippen LogP contribution in [0, 0.1) is 0 Å². The van der Waals surface area contributed by atoms with Crippen molar-refractivity contribution in [3.63, 3.8) is 0 Å². The Morgan fingerprint density at radius 2 is 2.28 bits per heavy atom. The molecule has 0 spiro atoms. The number of aromatic nitrogens is 1. The van der Waals surface area contributed by atoms with Crippen LogP contribution in [0.25, 0.3) is 0 Å². The lowest BCUT2D eigenvalue weighted by Gasteiger charge is -2.07. The number of nitrogens with zero attached hydrogens (tertiary/aromatic N) is 1. The summed E-state index contributed by atoms with van der Waals surface area (Å²) in [6.45, 7) is 5.69. The van der Waals surface area contributed by atoms with Crippen LogP contribution in [-0.2, 0) is 27.1 Å². The number of esters is 1. The summed E-state index contributed by atoms with van der Waals surface area (Å²) in [5, 5.41) is 1.07. The van der Waals surface area contributed by atoms with E-state index in [4.69, 9.17) is 9.47 Å². The summed E-state index contributed by atoms with van der Waals surface area (Å²) in [6, 6.07) is 0. The van der Waals surface area contributed by atoms with Gasteiger partial charge < -0.3 is 9.47 Å². The van der Waals surface area contributed by atoms with Crippen LogP contribution < -0.4 is 0 Å². The number of fused-ring (bicyclic) bond motifs is 1. The van der Waals surface area contributed by atoms with Gasteiger partial charge in [-0.1, -0.05) is 0 Å². The molecule has 1 aliphatic carbocycles. The molecule has 0 saturated heterocycles. The lowest BCUT2D eigenvalue weighted by molar-refractivity contribution is -0.145. The average molecular weight is 269 g/mol. The molecule has 0 fully saturated rings. The first-order chi connectivity index (χ1) is 8.76. The molecule has 0 radical (unpaired) electrons. The van der Waals surface area contributed by atoms with Gasteiger partial charge in [-0.15, -0.1) is 11.3 Å². The van der Waals surface area contributed by atoms with Gasteiger partial charge in [0.05, 0.1) is 23.9 Å². The second-order valence-electron chi connectivity index (χ2n) is 4.21. The maximum absolute atomic E-state index is 11.8. The summed E-state index contributed by atoms with van der Waals surface area (Å²) in [5.41, 5.74) is 0.949. The van der Waals surface area contributed by atoms with Gasteiger partial charge in [0.1, 0.15) is 5.92 Å². The van der Waals surface area contributed by atoms with E-state index in [0.717, 1.165) is 36.6 Å². The van der Waals surface area contributed by atoms with E-state index in [1.165, 1.54) is 4.88 Å². The minimum absolute atomic E-state index is 0.127. The molecule has 1 atom stereocenters. The van der Waals surface area contributed by atoms with E-state index in [-0.39, 0.29) is 11.9 Å². The molecule has 100 valence electrons. The van der Waals surface area contributed by atoms with Gasteiger partial charge >= 0.3 is 5.97 Å². The van der Waals surface area contributed by atoms with Gasteiger partial charge in [0.15, 0.2) is 0 Å². The summed E-state index contributed by atoms with van der Waals surface area (Å²) in [5.74, 6) is -0.269. The number of carbonyl (C=O) groups excluding carboxylic acids is 1.